The van der Waals surface area contributed by atoms with Crippen LogP contribution < -0.4 is 10.2 Å². The maximum Gasteiger partial charge on any atom is 0.416 e. The van der Waals surface area contributed by atoms with Crippen LogP contribution in [0.4, 0.5) is 24.5 Å². The maximum atomic E-state index is 13.8. The number of nitrogens with zero attached hydrogens (tertiary/aromatic N) is 1. The molecule has 4 rings (SSSR count). The Bertz CT molecular complexity index is 1290. The number of para-hydroxylation sites is 1. The van der Waals surface area contributed by atoms with Crippen LogP contribution in [0.1, 0.15) is 33.1 Å². The first kappa shape index (κ1) is 23.7. The first-order chi connectivity index (χ1) is 16.1. The highest BCUT2D eigenvalue weighted by atomic mass is 127. The second-order valence-electron chi connectivity index (χ2n) is 7.58. The molecule has 0 aliphatic carbocycles. The number of aliphatic carboxylic acids is 1. The third-order valence-corrected chi connectivity index (χ3v) is 6.01. The van der Waals surface area contributed by atoms with Crippen molar-refractivity contribution in [2.75, 3.05) is 10.2 Å². The van der Waals surface area contributed by atoms with Crippen LogP contribution >= 0.6 is 22.6 Å². The average Bonchev–Trinajstić information content (AvgIpc) is 2.87. The first-order valence-electron chi connectivity index (χ1n) is 9.97. The second kappa shape index (κ2) is 9.09. The molecule has 0 bridgehead atoms. The average molecular weight is 580 g/mol. The van der Waals surface area contributed by atoms with Gasteiger partial charge in [0.15, 0.2) is 0 Å². The lowest BCUT2D eigenvalue weighted by atomic mass is 9.99. The van der Waals surface area contributed by atoms with Gasteiger partial charge in [-0.05, 0) is 70.1 Å². The van der Waals surface area contributed by atoms with Crippen molar-refractivity contribution in [3.8, 4) is 0 Å². The highest BCUT2D eigenvalue weighted by molar-refractivity contribution is 14.1. The lowest BCUT2D eigenvalue weighted by molar-refractivity contribution is -0.138. The Morgan fingerprint density at radius 1 is 1.03 bits per heavy atom. The van der Waals surface area contributed by atoms with Gasteiger partial charge in [0.1, 0.15) is 6.04 Å². The molecule has 3 aromatic rings. The molecule has 174 valence electrons. The van der Waals surface area contributed by atoms with Crippen LogP contribution in [0, 0.1) is 3.57 Å². The number of amides is 2. The van der Waals surface area contributed by atoms with Gasteiger partial charge in [-0.25, -0.2) is 0 Å². The monoisotopic (exact) mass is 580 g/mol. The molecule has 0 fully saturated rings. The number of carbonyl (C=O) groups excluding carboxylic acids is 2. The van der Waals surface area contributed by atoms with Gasteiger partial charge in [0, 0.05) is 9.26 Å². The third-order valence-electron chi connectivity index (χ3n) is 5.34. The van der Waals surface area contributed by atoms with Gasteiger partial charge in [0.05, 0.1) is 23.2 Å². The van der Waals surface area contributed by atoms with Crippen LogP contribution in [-0.2, 0) is 22.2 Å². The molecule has 0 saturated carbocycles. The molecule has 1 atom stereocenters. The van der Waals surface area contributed by atoms with Gasteiger partial charge in [-0.2, -0.15) is 13.2 Å². The fourth-order valence-corrected chi connectivity index (χ4v) is 4.32. The van der Waals surface area contributed by atoms with Crippen molar-refractivity contribution in [1.29, 1.82) is 0 Å². The zero-order valence-electron chi connectivity index (χ0n) is 17.3. The molecule has 3 aromatic carbocycles. The summed E-state index contributed by atoms with van der Waals surface area (Å²) in [6, 6.07) is 13.7. The largest absolute Gasteiger partial charge is 0.481 e. The molecule has 10 heteroatoms. The number of rotatable bonds is 4. The molecule has 6 nitrogen and oxygen atoms in total. The van der Waals surface area contributed by atoms with E-state index in [-0.39, 0.29) is 28.1 Å². The van der Waals surface area contributed by atoms with Crippen LogP contribution in [0.25, 0.3) is 0 Å². The number of carboxylic acids is 1. The normalized spacial score (nSPS) is 16.0. The number of nitrogens with one attached hydrogen (secondary N) is 1. The van der Waals surface area contributed by atoms with Gasteiger partial charge in [-0.1, -0.05) is 30.3 Å². The smallest absolute Gasteiger partial charge is 0.416 e. The van der Waals surface area contributed by atoms with Gasteiger partial charge < -0.3 is 10.4 Å². The Labute approximate surface area is 205 Å². The van der Waals surface area contributed by atoms with Crippen LogP contribution in [0.15, 0.2) is 66.7 Å². The third kappa shape index (κ3) is 4.63. The molecule has 0 saturated heterocycles. The van der Waals surface area contributed by atoms with Crippen LogP contribution in [0.2, 0.25) is 0 Å². The van der Waals surface area contributed by atoms with Gasteiger partial charge in [-0.15, -0.1) is 0 Å². The molecule has 1 heterocycles. The number of hydrogen-bond acceptors (Lipinski definition) is 3. The Balaban J connectivity index is 1.93. The van der Waals surface area contributed by atoms with Crippen molar-refractivity contribution in [3.63, 3.8) is 0 Å². The molecule has 1 unspecified atom stereocenters. The number of benzene rings is 3. The highest BCUT2D eigenvalue weighted by Crippen LogP contribution is 2.38. The summed E-state index contributed by atoms with van der Waals surface area (Å²) in [6.45, 7) is 0. The van der Waals surface area contributed by atoms with Crippen molar-refractivity contribution in [3.05, 3.63) is 92.6 Å². The predicted octanol–water partition coefficient (Wildman–Crippen LogP) is 5.28. The summed E-state index contributed by atoms with van der Waals surface area (Å²) < 4.78 is 40.0. The van der Waals surface area contributed by atoms with Crippen LogP contribution in [0.5, 0.6) is 0 Å². The molecule has 1 aliphatic heterocycles. The van der Waals surface area contributed by atoms with E-state index in [1.54, 1.807) is 30.3 Å². The quantitative estimate of drug-likeness (QED) is 0.412. The summed E-state index contributed by atoms with van der Waals surface area (Å²) in [5.74, 6) is -2.37. The minimum atomic E-state index is -4.57. The Morgan fingerprint density at radius 2 is 1.71 bits per heavy atom. The van der Waals surface area contributed by atoms with Gasteiger partial charge >= 0.3 is 12.1 Å². The van der Waals surface area contributed by atoms with E-state index in [2.05, 4.69) is 5.32 Å². The maximum absolute atomic E-state index is 13.8. The zero-order chi connectivity index (χ0) is 24.6. The number of carbonyl (C=O) groups is 3. The van der Waals surface area contributed by atoms with Gasteiger partial charge in [-0.3, -0.25) is 19.3 Å². The summed E-state index contributed by atoms with van der Waals surface area (Å²) in [7, 11) is 0. The predicted molar refractivity (Wildman–Crippen MR) is 127 cm³/mol. The number of carboxylic acid groups (broad SMARTS) is 1. The summed E-state index contributed by atoms with van der Waals surface area (Å²) in [4.78, 5) is 39.8. The summed E-state index contributed by atoms with van der Waals surface area (Å²) >= 11 is 2.02. The molecular weight excluding hydrogens is 564 g/mol. The SMILES string of the molecule is O=C(O)Cc1ccccc1N1C(=O)c2cc(I)ccc2NC(=O)C1c1ccc(C(F)(F)F)cc1. The lowest BCUT2D eigenvalue weighted by Gasteiger charge is -2.31. The van der Waals surface area contributed by atoms with Crippen LogP contribution in [-0.4, -0.2) is 22.9 Å². The Kier molecular flexibility index (Phi) is 6.34. The van der Waals surface area contributed by atoms with E-state index in [4.69, 9.17) is 0 Å². The minimum absolute atomic E-state index is 0.145. The fraction of sp³-hybridized carbons (Fsp3) is 0.125. The molecule has 34 heavy (non-hydrogen) atoms. The van der Waals surface area contributed by atoms with Gasteiger partial charge in [0.25, 0.3) is 11.8 Å². The second-order valence-corrected chi connectivity index (χ2v) is 8.82. The molecule has 2 amide bonds. The van der Waals surface area contributed by atoms with E-state index in [1.807, 2.05) is 22.6 Å². The number of fused-ring (bicyclic) bond motifs is 1. The Hall–Kier alpha value is -3.41. The van der Waals surface area contributed by atoms with Gasteiger partial charge in [0.2, 0.25) is 0 Å². The van der Waals surface area contributed by atoms with Crippen LogP contribution in [0.3, 0.4) is 0 Å². The molecule has 1 aliphatic rings. The van der Waals surface area contributed by atoms with E-state index in [1.165, 1.54) is 12.1 Å². The molecule has 0 spiro atoms. The molecule has 0 aromatic heterocycles. The summed E-state index contributed by atoms with van der Waals surface area (Å²) in [5.41, 5.74) is 0.146. The topological polar surface area (TPSA) is 86.7 Å². The fourth-order valence-electron chi connectivity index (χ4n) is 3.83. The van der Waals surface area contributed by atoms with E-state index in [9.17, 15) is 32.7 Å². The number of alkyl halides is 3. The Morgan fingerprint density at radius 3 is 2.35 bits per heavy atom. The lowest BCUT2D eigenvalue weighted by Crippen LogP contribution is -2.39. The highest BCUT2D eigenvalue weighted by Gasteiger charge is 2.39. The van der Waals surface area contributed by atoms with E-state index in [0.29, 0.717) is 0 Å². The first-order valence-corrected chi connectivity index (χ1v) is 11.0. The number of anilines is 2. The zero-order valence-corrected chi connectivity index (χ0v) is 19.4. The standard InChI is InChI=1S/C24H16F3IN2O4/c25-24(26,27)15-7-5-13(6-8-15)21-22(33)29-18-10-9-16(28)12-17(18)23(34)30(21)19-4-2-1-3-14(19)11-20(31)32/h1-10,12,21H,11H2,(H,29,33)(H,31,32). The van der Waals surface area contributed by atoms with Crippen molar-refractivity contribution < 1.29 is 32.7 Å². The number of hydrogen-bond donors (Lipinski definition) is 2. The van der Waals surface area contributed by atoms with Crippen molar-refractivity contribution in [2.45, 2.75) is 18.6 Å². The van der Waals surface area contributed by atoms with Crippen molar-refractivity contribution >= 4 is 51.7 Å². The summed E-state index contributed by atoms with van der Waals surface area (Å²) in [5, 5.41) is 12.0. The molecular formula is C24H16F3IN2O4. The van der Waals surface area contributed by atoms with E-state index < -0.39 is 42.0 Å². The summed E-state index contributed by atoms with van der Waals surface area (Å²) in [6.07, 6.45) is -4.98. The van der Waals surface area contributed by atoms with Crippen molar-refractivity contribution in [1.82, 2.24) is 0 Å². The van der Waals surface area contributed by atoms with E-state index in [0.717, 1.165) is 32.7 Å². The van der Waals surface area contributed by atoms with Crippen molar-refractivity contribution in [2.24, 2.45) is 0 Å². The minimum Gasteiger partial charge on any atom is -0.481 e. The molecule has 2 N–H and O–H groups in total. The van der Waals surface area contributed by atoms with E-state index >= 15 is 0 Å². The molecule has 0 radical (unpaired) electrons. The number of halogens is 4.